The predicted octanol–water partition coefficient (Wildman–Crippen LogP) is 2.96. The number of hydrogen-bond acceptors (Lipinski definition) is 3. The van der Waals surface area contributed by atoms with E-state index < -0.39 is 11.5 Å². The Morgan fingerprint density at radius 2 is 1.96 bits per heavy atom. The maximum Gasteiger partial charge on any atom is 0.334 e. The number of carbonyl (C=O) groups excluding carboxylic acids is 1. The Morgan fingerprint density at radius 3 is 2.50 bits per heavy atom. The minimum absolute atomic E-state index is 0.0142. The van der Waals surface area contributed by atoms with E-state index in [1.807, 2.05) is 0 Å². The Balaban J connectivity index is 1.81. The molecule has 1 aliphatic carbocycles. The molecule has 1 spiro atoms. The van der Waals surface area contributed by atoms with Gasteiger partial charge >= 0.3 is 5.97 Å². The molecule has 6 heteroatoms. The normalized spacial score (nSPS) is 24.2. The van der Waals surface area contributed by atoms with Crippen molar-refractivity contribution >= 4 is 23.5 Å². The van der Waals surface area contributed by atoms with Gasteiger partial charge in [-0.25, -0.2) is 4.79 Å². The number of halogens is 1. The molecule has 1 amide bonds. The Hall–Kier alpha value is -1.59. The van der Waals surface area contributed by atoms with Crippen molar-refractivity contribution in [1.82, 2.24) is 5.32 Å². The van der Waals surface area contributed by atoms with Crippen LogP contribution in [-0.2, 0) is 19.9 Å². The molecule has 1 heterocycles. The second-order valence-electron chi connectivity index (χ2n) is 6.79. The first kappa shape index (κ1) is 17.2. The molecule has 1 aromatic carbocycles. The van der Waals surface area contributed by atoms with Crippen molar-refractivity contribution in [2.45, 2.75) is 38.1 Å². The molecule has 24 heavy (non-hydrogen) atoms. The summed E-state index contributed by atoms with van der Waals surface area (Å²) in [6.45, 7) is 3.12. The fourth-order valence-electron chi connectivity index (χ4n) is 3.77. The molecule has 130 valence electrons. The molecule has 0 bridgehead atoms. The lowest BCUT2D eigenvalue weighted by Gasteiger charge is -2.31. The highest BCUT2D eigenvalue weighted by Gasteiger charge is 2.59. The Kier molecular flexibility index (Phi) is 4.58. The summed E-state index contributed by atoms with van der Waals surface area (Å²) in [4.78, 5) is 24.8. The van der Waals surface area contributed by atoms with Gasteiger partial charge in [0.1, 0.15) is 0 Å². The highest BCUT2D eigenvalue weighted by Crippen LogP contribution is 2.59. The van der Waals surface area contributed by atoms with Crippen molar-refractivity contribution in [1.29, 1.82) is 0 Å². The van der Waals surface area contributed by atoms with E-state index in [1.54, 1.807) is 31.2 Å². The van der Waals surface area contributed by atoms with Gasteiger partial charge in [0.2, 0.25) is 5.91 Å². The second kappa shape index (κ2) is 6.37. The van der Waals surface area contributed by atoms with Crippen LogP contribution in [0, 0.1) is 11.3 Å². The van der Waals surface area contributed by atoms with Gasteiger partial charge in [-0.3, -0.25) is 4.79 Å². The molecule has 0 radical (unpaired) electrons. The number of benzene rings is 1. The van der Waals surface area contributed by atoms with Crippen LogP contribution in [0.1, 0.15) is 38.2 Å². The van der Waals surface area contributed by atoms with Crippen molar-refractivity contribution in [3.8, 4) is 0 Å². The Bertz CT molecular complexity index is 639. The van der Waals surface area contributed by atoms with Gasteiger partial charge in [-0.1, -0.05) is 30.7 Å². The summed E-state index contributed by atoms with van der Waals surface area (Å²) in [6, 6.07) is 6.62. The van der Waals surface area contributed by atoms with Crippen LogP contribution in [-0.4, -0.2) is 30.2 Å². The first-order chi connectivity index (χ1) is 11.4. The van der Waals surface area contributed by atoms with E-state index in [1.165, 1.54) is 0 Å². The van der Waals surface area contributed by atoms with Gasteiger partial charge in [0.05, 0.1) is 0 Å². The summed E-state index contributed by atoms with van der Waals surface area (Å²) in [7, 11) is 0. The van der Waals surface area contributed by atoms with E-state index in [4.69, 9.17) is 16.3 Å². The third-order valence-corrected chi connectivity index (χ3v) is 5.82. The van der Waals surface area contributed by atoms with Crippen molar-refractivity contribution in [2.24, 2.45) is 11.3 Å². The number of carbonyl (C=O) groups is 2. The number of carboxylic acid groups (broad SMARTS) is 1. The number of carboxylic acids is 1. The third-order valence-electron chi connectivity index (χ3n) is 5.56. The van der Waals surface area contributed by atoms with E-state index in [0.717, 1.165) is 19.3 Å². The van der Waals surface area contributed by atoms with E-state index in [0.29, 0.717) is 23.8 Å². The maximum atomic E-state index is 12.8. The zero-order valence-electron chi connectivity index (χ0n) is 13.7. The number of amides is 1. The van der Waals surface area contributed by atoms with Crippen molar-refractivity contribution < 1.29 is 19.4 Å². The minimum Gasteiger partial charge on any atom is -0.479 e. The molecule has 1 saturated carbocycles. The number of ether oxygens (including phenoxy) is 1. The quantitative estimate of drug-likeness (QED) is 0.855. The number of hydrogen-bond donors (Lipinski definition) is 2. The molecule has 2 unspecified atom stereocenters. The van der Waals surface area contributed by atoms with Crippen LogP contribution in [0.25, 0.3) is 0 Å². The summed E-state index contributed by atoms with van der Waals surface area (Å²) < 4.78 is 5.38. The highest BCUT2D eigenvalue weighted by molar-refractivity contribution is 6.30. The van der Waals surface area contributed by atoms with E-state index in [2.05, 4.69) is 5.32 Å². The zero-order chi connectivity index (χ0) is 17.4. The lowest BCUT2D eigenvalue weighted by molar-refractivity contribution is -0.149. The standard InChI is InChI=1S/C18H22ClNO4/c1-2-18(16(22)23,12-3-5-13(19)6-4-12)20-15(21)14-11-17(14)7-9-24-10-8-17/h3-6,14H,2,7-11H2,1H3,(H,20,21)(H,22,23). The van der Waals surface area contributed by atoms with Crippen molar-refractivity contribution in [3.05, 3.63) is 34.9 Å². The first-order valence-electron chi connectivity index (χ1n) is 8.33. The summed E-state index contributed by atoms with van der Waals surface area (Å²) >= 11 is 5.90. The zero-order valence-corrected chi connectivity index (χ0v) is 14.4. The molecule has 2 N–H and O–H groups in total. The van der Waals surface area contributed by atoms with E-state index >= 15 is 0 Å². The topological polar surface area (TPSA) is 75.6 Å². The SMILES string of the molecule is CCC(NC(=O)C1CC12CCOCC2)(C(=O)O)c1ccc(Cl)cc1. The van der Waals surface area contributed by atoms with Crippen LogP contribution >= 0.6 is 11.6 Å². The van der Waals surface area contributed by atoms with Gasteiger partial charge in [-0.2, -0.15) is 0 Å². The first-order valence-corrected chi connectivity index (χ1v) is 8.70. The lowest BCUT2D eigenvalue weighted by Crippen LogP contribution is -2.52. The van der Waals surface area contributed by atoms with Gasteiger partial charge < -0.3 is 15.2 Å². The largest absolute Gasteiger partial charge is 0.479 e. The van der Waals surface area contributed by atoms with Crippen LogP contribution in [0.3, 0.4) is 0 Å². The molecule has 3 rings (SSSR count). The van der Waals surface area contributed by atoms with Gasteiger partial charge in [-0.15, -0.1) is 0 Å². The number of rotatable bonds is 5. The van der Waals surface area contributed by atoms with Crippen LogP contribution in [0.2, 0.25) is 5.02 Å². The van der Waals surface area contributed by atoms with Gasteiger partial charge in [0.15, 0.2) is 5.54 Å². The minimum atomic E-state index is -1.42. The summed E-state index contributed by atoms with van der Waals surface area (Å²) in [5.74, 6) is -1.34. The predicted molar refractivity (Wildman–Crippen MR) is 89.8 cm³/mol. The van der Waals surface area contributed by atoms with E-state index in [-0.39, 0.29) is 23.7 Å². The van der Waals surface area contributed by atoms with Gasteiger partial charge in [0, 0.05) is 24.2 Å². The fraction of sp³-hybridized carbons (Fsp3) is 0.556. The number of aliphatic carboxylic acids is 1. The number of nitrogens with one attached hydrogen (secondary N) is 1. The summed E-state index contributed by atoms with van der Waals surface area (Å²) in [5.41, 5.74) is -0.867. The molecule has 1 aromatic rings. The molecule has 1 aliphatic heterocycles. The van der Waals surface area contributed by atoms with Crippen LogP contribution in [0.4, 0.5) is 0 Å². The Labute approximate surface area is 146 Å². The van der Waals surface area contributed by atoms with E-state index in [9.17, 15) is 14.7 Å². The van der Waals surface area contributed by atoms with Crippen molar-refractivity contribution in [3.63, 3.8) is 0 Å². The van der Waals surface area contributed by atoms with Gasteiger partial charge in [0.25, 0.3) is 0 Å². The molecular weight excluding hydrogens is 330 g/mol. The molecule has 1 saturated heterocycles. The van der Waals surface area contributed by atoms with Crippen LogP contribution in [0.15, 0.2) is 24.3 Å². The third kappa shape index (κ3) is 2.91. The average molecular weight is 352 g/mol. The van der Waals surface area contributed by atoms with Crippen molar-refractivity contribution in [2.75, 3.05) is 13.2 Å². The Morgan fingerprint density at radius 1 is 1.33 bits per heavy atom. The van der Waals surface area contributed by atoms with Crippen LogP contribution < -0.4 is 5.32 Å². The smallest absolute Gasteiger partial charge is 0.334 e. The average Bonchev–Trinajstić information content (AvgIpc) is 3.27. The fourth-order valence-corrected chi connectivity index (χ4v) is 3.90. The highest BCUT2D eigenvalue weighted by atomic mass is 35.5. The maximum absolute atomic E-state index is 12.8. The second-order valence-corrected chi connectivity index (χ2v) is 7.23. The molecule has 2 atom stereocenters. The monoisotopic (exact) mass is 351 g/mol. The molecule has 2 aliphatic rings. The van der Waals surface area contributed by atoms with Crippen LogP contribution in [0.5, 0.6) is 0 Å². The lowest BCUT2D eigenvalue weighted by atomic mass is 9.86. The summed E-state index contributed by atoms with van der Waals surface area (Å²) in [5, 5.41) is 13.2. The molecule has 2 fully saturated rings. The molecule has 0 aromatic heterocycles. The molecular formula is C18H22ClNO4. The molecule has 5 nitrogen and oxygen atoms in total. The van der Waals surface area contributed by atoms with Gasteiger partial charge in [-0.05, 0) is 48.8 Å². The summed E-state index contributed by atoms with van der Waals surface area (Å²) in [6.07, 6.45) is 2.83.